The molecule has 0 radical (unpaired) electrons. The van der Waals surface area contributed by atoms with E-state index in [9.17, 15) is 18.0 Å². The number of aryl methyl sites for hydroxylation is 2. The highest BCUT2D eigenvalue weighted by molar-refractivity contribution is 6.29. The first-order chi connectivity index (χ1) is 17.7. The number of hydrazine groups is 1. The summed E-state index contributed by atoms with van der Waals surface area (Å²) in [6.45, 7) is -0.0597. The number of aromatic nitrogens is 2. The zero-order valence-corrected chi connectivity index (χ0v) is 20.2. The van der Waals surface area contributed by atoms with Crippen LogP contribution in [-0.4, -0.2) is 34.3 Å². The normalized spacial score (nSPS) is 17.0. The Morgan fingerprint density at radius 1 is 1.24 bits per heavy atom. The molecule has 37 heavy (non-hydrogen) atoms. The molecule has 1 aliphatic heterocycles. The number of carbonyl (C=O) groups is 1. The number of nitrogens with one attached hydrogen (secondary N) is 2. The molecule has 2 heterocycles. The lowest BCUT2D eigenvalue weighted by Gasteiger charge is -2.16. The number of fused-ring (bicyclic) bond motifs is 2. The summed E-state index contributed by atoms with van der Waals surface area (Å²) in [5, 5.41) is 11.8. The molecule has 0 atom stereocenters. The Morgan fingerprint density at radius 3 is 2.78 bits per heavy atom. The maximum Gasteiger partial charge on any atom is 0.389 e. The van der Waals surface area contributed by atoms with Crippen molar-refractivity contribution >= 4 is 33.9 Å². The van der Waals surface area contributed by atoms with Gasteiger partial charge in [0.05, 0.1) is 23.9 Å². The Kier molecular flexibility index (Phi) is 7.67. The first-order valence-corrected chi connectivity index (χ1v) is 11.7. The standard InChI is InChI=1S/C25H28F3N7O2/c1-35-21-9-6-15(12-17(21)14-31-35)19-5-2-4-16-13-18(37-11-3-10-25(26,27)28)7-8-20(16)32-24(36)22(19)23(33-29)34-30/h6-9,12-14H,2-5,10-11,29-30H2,1H3,(H,32,36)(H,33,34)/b22-19+. The molecule has 12 heteroatoms. The van der Waals surface area contributed by atoms with E-state index in [1.807, 2.05) is 25.2 Å². The van der Waals surface area contributed by atoms with Gasteiger partial charge < -0.3 is 21.3 Å². The maximum absolute atomic E-state index is 13.5. The number of anilines is 1. The molecule has 196 valence electrons. The molecule has 1 aromatic heterocycles. The fourth-order valence-corrected chi connectivity index (χ4v) is 4.42. The van der Waals surface area contributed by atoms with E-state index in [1.54, 1.807) is 29.1 Å². The van der Waals surface area contributed by atoms with Gasteiger partial charge >= 0.3 is 6.18 Å². The van der Waals surface area contributed by atoms with Crippen LogP contribution in [0.15, 0.2) is 53.3 Å². The number of halogens is 3. The highest BCUT2D eigenvalue weighted by Crippen LogP contribution is 2.33. The monoisotopic (exact) mass is 515 g/mol. The lowest BCUT2D eigenvalue weighted by molar-refractivity contribution is -0.136. The minimum atomic E-state index is -4.22. The smallest absolute Gasteiger partial charge is 0.389 e. The SMILES string of the molecule is Cn1ncc2cc(/C3=C(\C(=N\N)NN)C(=O)Nc4ccc(OCCCC(F)(F)F)cc4CCC3)ccc21. The van der Waals surface area contributed by atoms with Gasteiger partial charge in [-0.1, -0.05) is 6.07 Å². The Balaban J connectivity index is 1.64. The number of nitrogens with two attached hydrogens (primary N) is 2. The number of rotatable bonds is 6. The van der Waals surface area contributed by atoms with Crippen molar-refractivity contribution < 1.29 is 22.7 Å². The summed E-state index contributed by atoms with van der Waals surface area (Å²) in [5.74, 6) is 11.3. The predicted octanol–water partition coefficient (Wildman–Crippen LogP) is 3.76. The minimum Gasteiger partial charge on any atom is -0.494 e. The van der Waals surface area contributed by atoms with Crippen LogP contribution in [0, 0.1) is 0 Å². The molecule has 1 aliphatic rings. The summed E-state index contributed by atoms with van der Waals surface area (Å²) in [4.78, 5) is 13.5. The average molecular weight is 516 g/mol. The lowest BCUT2D eigenvalue weighted by atomic mass is 9.92. The predicted molar refractivity (Wildman–Crippen MR) is 135 cm³/mol. The van der Waals surface area contributed by atoms with E-state index in [0.29, 0.717) is 36.3 Å². The van der Waals surface area contributed by atoms with Crippen LogP contribution in [0.25, 0.3) is 16.5 Å². The van der Waals surface area contributed by atoms with E-state index >= 15 is 0 Å². The summed E-state index contributed by atoms with van der Waals surface area (Å²) < 4.78 is 44.5. The van der Waals surface area contributed by atoms with Crippen LogP contribution in [0.3, 0.4) is 0 Å². The van der Waals surface area contributed by atoms with Crippen molar-refractivity contribution in [2.24, 2.45) is 23.8 Å². The molecular weight excluding hydrogens is 487 g/mol. The molecule has 3 aromatic rings. The third-order valence-electron chi connectivity index (χ3n) is 6.20. The lowest BCUT2D eigenvalue weighted by Crippen LogP contribution is -2.37. The highest BCUT2D eigenvalue weighted by Gasteiger charge is 2.27. The van der Waals surface area contributed by atoms with Crippen LogP contribution >= 0.6 is 0 Å². The molecule has 0 fully saturated rings. The fraction of sp³-hybridized carbons (Fsp3) is 0.320. The zero-order valence-electron chi connectivity index (χ0n) is 20.2. The van der Waals surface area contributed by atoms with Gasteiger partial charge in [-0.15, -0.1) is 0 Å². The van der Waals surface area contributed by atoms with Crippen molar-refractivity contribution in [1.82, 2.24) is 15.2 Å². The Labute approximate surface area is 211 Å². The van der Waals surface area contributed by atoms with Gasteiger partial charge in [0.15, 0.2) is 5.84 Å². The molecule has 0 spiro atoms. The Morgan fingerprint density at radius 2 is 2.05 bits per heavy atom. The fourth-order valence-electron chi connectivity index (χ4n) is 4.42. The molecule has 4 rings (SSSR count). The Hall–Kier alpha value is -4.06. The van der Waals surface area contributed by atoms with Gasteiger partial charge in [0.2, 0.25) is 0 Å². The molecule has 2 aromatic carbocycles. The molecule has 6 N–H and O–H groups in total. The topological polar surface area (TPSA) is 133 Å². The molecular formula is C25H28F3N7O2. The molecule has 0 saturated carbocycles. The molecule has 0 saturated heterocycles. The van der Waals surface area contributed by atoms with E-state index < -0.39 is 18.5 Å². The number of alkyl halides is 3. The highest BCUT2D eigenvalue weighted by atomic mass is 19.4. The first kappa shape index (κ1) is 26.0. The number of allylic oxidation sites excluding steroid dienone is 1. The largest absolute Gasteiger partial charge is 0.494 e. The van der Waals surface area contributed by atoms with Crippen LogP contribution in [0.4, 0.5) is 18.9 Å². The summed E-state index contributed by atoms with van der Waals surface area (Å²) in [6.07, 6.45) is -1.76. The minimum absolute atomic E-state index is 0.0341. The van der Waals surface area contributed by atoms with Gasteiger partial charge in [-0.05, 0) is 72.7 Å². The van der Waals surface area contributed by atoms with Gasteiger partial charge in [0.1, 0.15) is 5.75 Å². The number of hydrogen-bond donors (Lipinski definition) is 4. The summed E-state index contributed by atoms with van der Waals surface area (Å²) >= 11 is 0. The van der Waals surface area contributed by atoms with Gasteiger partial charge in [0, 0.05) is 24.5 Å². The van der Waals surface area contributed by atoms with Crippen molar-refractivity contribution in [2.75, 3.05) is 11.9 Å². The van der Waals surface area contributed by atoms with Crippen molar-refractivity contribution in [3.8, 4) is 5.75 Å². The average Bonchev–Trinajstić information content (AvgIpc) is 3.26. The van der Waals surface area contributed by atoms with Crippen molar-refractivity contribution in [3.05, 3.63) is 59.3 Å². The van der Waals surface area contributed by atoms with Crippen LogP contribution < -0.4 is 27.2 Å². The molecule has 0 aliphatic carbocycles. The van der Waals surface area contributed by atoms with Gasteiger partial charge in [-0.3, -0.25) is 9.48 Å². The van der Waals surface area contributed by atoms with Gasteiger partial charge in [-0.2, -0.15) is 23.4 Å². The number of nitrogens with zero attached hydrogens (tertiary/aromatic N) is 3. The molecule has 0 bridgehead atoms. The zero-order chi connectivity index (χ0) is 26.6. The number of amides is 1. The number of benzene rings is 2. The number of ether oxygens (including phenoxy) is 1. The summed E-state index contributed by atoms with van der Waals surface area (Å²) in [7, 11) is 1.85. The molecule has 0 unspecified atom stereocenters. The third-order valence-corrected chi connectivity index (χ3v) is 6.20. The van der Waals surface area contributed by atoms with Gasteiger partial charge in [0.25, 0.3) is 5.91 Å². The van der Waals surface area contributed by atoms with Gasteiger partial charge in [-0.25, -0.2) is 5.84 Å². The van der Waals surface area contributed by atoms with E-state index in [4.69, 9.17) is 16.4 Å². The third kappa shape index (κ3) is 6.02. The van der Waals surface area contributed by atoms with E-state index in [0.717, 1.165) is 22.0 Å². The second-order valence-electron chi connectivity index (χ2n) is 8.71. The summed E-state index contributed by atoms with van der Waals surface area (Å²) in [6, 6.07) is 10.8. The van der Waals surface area contributed by atoms with Crippen LogP contribution in [-0.2, 0) is 18.3 Å². The second kappa shape index (κ2) is 10.9. The van der Waals surface area contributed by atoms with Crippen LogP contribution in [0.1, 0.15) is 36.8 Å². The molecule has 9 nitrogen and oxygen atoms in total. The number of amidine groups is 1. The van der Waals surface area contributed by atoms with Crippen molar-refractivity contribution in [1.29, 1.82) is 0 Å². The van der Waals surface area contributed by atoms with E-state index in [1.165, 1.54) is 0 Å². The maximum atomic E-state index is 13.5. The van der Waals surface area contributed by atoms with Crippen molar-refractivity contribution in [2.45, 2.75) is 38.3 Å². The second-order valence-corrected chi connectivity index (χ2v) is 8.71. The van der Waals surface area contributed by atoms with Crippen molar-refractivity contribution in [3.63, 3.8) is 0 Å². The van der Waals surface area contributed by atoms with Crippen LogP contribution in [0.5, 0.6) is 5.75 Å². The number of hydrazone groups is 1. The summed E-state index contributed by atoms with van der Waals surface area (Å²) in [5.41, 5.74) is 6.46. The number of carbonyl (C=O) groups excluding carboxylic acids is 1. The van der Waals surface area contributed by atoms with E-state index in [2.05, 4.69) is 20.9 Å². The van der Waals surface area contributed by atoms with E-state index in [-0.39, 0.29) is 24.4 Å². The Bertz CT molecular complexity index is 1360. The van der Waals surface area contributed by atoms with Crippen LogP contribution in [0.2, 0.25) is 0 Å². The number of hydrogen-bond acceptors (Lipinski definition) is 6. The first-order valence-electron chi connectivity index (χ1n) is 11.7. The quantitative estimate of drug-likeness (QED) is 0.130. The molecule has 1 amide bonds.